The maximum atomic E-state index is 5.20. The summed E-state index contributed by atoms with van der Waals surface area (Å²) in [5.74, 6) is 0.890. The van der Waals surface area contributed by atoms with Crippen LogP contribution in [0.2, 0.25) is 0 Å². The van der Waals surface area contributed by atoms with Crippen LogP contribution in [0.25, 0.3) is 0 Å². The lowest BCUT2D eigenvalue weighted by atomic mass is 10.1. The van der Waals surface area contributed by atoms with Crippen molar-refractivity contribution in [2.75, 3.05) is 6.54 Å². The molecule has 0 radical (unpaired) electrons. The third-order valence-electron chi connectivity index (χ3n) is 3.19. The minimum atomic E-state index is 0.197. The summed E-state index contributed by atoms with van der Waals surface area (Å²) in [4.78, 5) is 4.56. The van der Waals surface area contributed by atoms with Crippen molar-refractivity contribution in [1.82, 2.24) is 10.5 Å². The van der Waals surface area contributed by atoms with E-state index in [0.717, 1.165) is 28.7 Å². The Morgan fingerprint density at radius 3 is 2.89 bits per heavy atom. The van der Waals surface area contributed by atoms with Gasteiger partial charge in [0.05, 0.1) is 18.3 Å². The molecule has 1 aliphatic rings. The van der Waals surface area contributed by atoms with Crippen molar-refractivity contribution in [3.63, 3.8) is 0 Å². The van der Waals surface area contributed by atoms with E-state index in [1.54, 1.807) is 0 Å². The van der Waals surface area contributed by atoms with Gasteiger partial charge in [0, 0.05) is 10.8 Å². The third-order valence-corrected chi connectivity index (χ3v) is 4.38. The summed E-state index contributed by atoms with van der Waals surface area (Å²) in [6.07, 6.45) is 2.46. The quantitative estimate of drug-likeness (QED) is 0.910. The van der Waals surface area contributed by atoms with Crippen LogP contribution in [0.1, 0.15) is 49.7 Å². The van der Waals surface area contributed by atoms with E-state index in [4.69, 9.17) is 4.52 Å². The summed E-state index contributed by atoms with van der Waals surface area (Å²) in [5, 5.41) is 9.16. The van der Waals surface area contributed by atoms with Crippen LogP contribution in [-0.2, 0) is 0 Å². The van der Waals surface area contributed by atoms with E-state index < -0.39 is 0 Å². The number of nitrogens with one attached hydrogen (secondary N) is 1. The highest BCUT2D eigenvalue weighted by Gasteiger charge is 2.22. The molecule has 0 aromatic carbocycles. The Labute approximate surface area is 113 Å². The van der Waals surface area contributed by atoms with E-state index in [0.29, 0.717) is 5.25 Å². The van der Waals surface area contributed by atoms with E-state index in [2.05, 4.69) is 29.3 Å². The van der Waals surface area contributed by atoms with Crippen molar-refractivity contribution in [3.8, 4) is 0 Å². The minimum Gasteiger partial charge on any atom is -0.361 e. The molecule has 0 spiro atoms. The number of aryl methyl sites for hydroxylation is 2. The van der Waals surface area contributed by atoms with Gasteiger partial charge in [-0.3, -0.25) is 4.99 Å². The smallest absolute Gasteiger partial charge is 0.157 e. The molecule has 0 aliphatic carbocycles. The highest BCUT2D eigenvalue weighted by molar-refractivity contribution is 8.14. The van der Waals surface area contributed by atoms with Gasteiger partial charge in [-0.1, -0.05) is 30.3 Å². The zero-order valence-electron chi connectivity index (χ0n) is 11.5. The van der Waals surface area contributed by atoms with Gasteiger partial charge < -0.3 is 9.84 Å². The van der Waals surface area contributed by atoms with Crippen molar-refractivity contribution >= 4 is 16.9 Å². The van der Waals surface area contributed by atoms with Crippen molar-refractivity contribution in [2.45, 2.75) is 51.8 Å². The summed E-state index contributed by atoms with van der Waals surface area (Å²) in [6.45, 7) is 9.22. The lowest BCUT2D eigenvalue weighted by molar-refractivity contribution is 0.391. The Bertz CT molecular complexity index is 422. The highest BCUT2D eigenvalue weighted by Crippen LogP contribution is 2.27. The fraction of sp³-hybridized carbons (Fsp3) is 0.692. The minimum absolute atomic E-state index is 0.197. The summed E-state index contributed by atoms with van der Waals surface area (Å²) in [5.41, 5.74) is 2.11. The SMILES string of the molecule is CCCC1CN=C(NC(C)c2c(C)noc2C)S1. The van der Waals surface area contributed by atoms with Crippen LogP contribution in [0.15, 0.2) is 9.52 Å². The summed E-state index contributed by atoms with van der Waals surface area (Å²) in [7, 11) is 0. The molecule has 100 valence electrons. The number of hydrogen-bond acceptors (Lipinski definition) is 5. The van der Waals surface area contributed by atoms with Gasteiger partial charge in [-0.05, 0) is 27.2 Å². The van der Waals surface area contributed by atoms with E-state index in [1.807, 2.05) is 25.6 Å². The lowest BCUT2D eigenvalue weighted by Crippen LogP contribution is -2.24. The topological polar surface area (TPSA) is 50.4 Å². The molecular formula is C13H21N3OS. The van der Waals surface area contributed by atoms with Crippen LogP contribution in [0.3, 0.4) is 0 Å². The number of thioether (sulfide) groups is 1. The largest absolute Gasteiger partial charge is 0.361 e. The number of aliphatic imine (C=N–C) groups is 1. The predicted molar refractivity (Wildman–Crippen MR) is 76.1 cm³/mol. The molecule has 0 saturated carbocycles. The second-order valence-electron chi connectivity index (χ2n) is 4.78. The van der Waals surface area contributed by atoms with Gasteiger partial charge in [-0.25, -0.2) is 0 Å². The van der Waals surface area contributed by atoms with Crippen molar-refractivity contribution in [1.29, 1.82) is 0 Å². The lowest BCUT2D eigenvalue weighted by Gasteiger charge is -2.15. The molecule has 5 heteroatoms. The van der Waals surface area contributed by atoms with Crippen LogP contribution in [-0.4, -0.2) is 22.1 Å². The average molecular weight is 267 g/mol. The van der Waals surface area contributed by atoms with Crippen LogP contribution in [0.4, 0.5) is 0 Å². The standard InChI is InChI=1S/C13H21N3OS/c1-5-6-11-7-14-13(18-11)15-8(2)12-9(3)16-17-10(12)4/h8,11H,5-7H2,1-4H3,(H,14,15). The molecule has 1 aliphatic heterocycles. The molecule has 0 amide bonds. The zero-order chi connectivity index (χ0) is 13.1. The zero-order valence-corrected chi connectivity index (χ0v) is 12.3. The molecule has 2 unspecified atom stereocenters. The van der Waals surface area contributed by atoms with Crippen LogP contribution in [0.5, 0.6) is 0 Å². The normalized spacial score (nSPS) is 20.9. The summed E-state index contributed by atoms with van der Waals surface area (Å²) < 4.78 is 5.20. The van der Waals surface area contributed by atoms with Gasteiger partial charge in [0.2, 0.25) is 0 Å². The number of amidine groups is 1. The van der Waals surface area contributed by atoms with E-state index in [-0.39, 0.29) is 6.04 Å². The monoisotopic (exact) mass is 267 g/mol. The molecule has 0 bridgehead atoms. The van der Waals surface area contributed by atoms with E-state index in [1.165, 1.54) is 12.8 Å². The van der Waals surface area contributed by atoms with Crippen molar-refractivity contribution in [2.24, 2.45) is 4.99 Å². The first kappa shape index (κ1) is 13.5. The van der Waals surface area contributed by atoms with Gasteiger partial charge in [0.25, 0.3) is 0 Å². The van der Waals surface area contributed by atoms with Crippen LogP contribution < -0.4 is 5.32 Å². The third kappa shape index (κ3) is 2.88. The molecule has 0 fully saturated rings. The maximum Gasteiger partial charge on any atom is 0.157 e. The second kappa shape index (κ2) is 5.78. The molecule has 1 N–H and O–H groups in total. The van der Waals surface area contributed by atoms with Gasteiger partial charge >= 0.3 is 0 Å². The molecule has 0 saturated heterocycles. The molecule has 18 heavy (non-hydrogen) atoms. The summed E-state index contributed by atoms with van der Waals surface area (Å²) >= 11 is 1.86. The molecule has 1 aromatic rings. The highest BCUT2D eigenvalue weighted by atomic mass is 32.2. The first-order valence-electron chi connectivity index (χ1n) is 6.52. The predicted octanol–water partition coefficient (Wildman–Crippen LogP) is 3.21. The number of aromatic nitrogens is 1. The van der Waals surface area contributed by atoms with E-state index >= 15 is 0 Å². The summed E-state index contributed by atoms with van der Waals surface area (Å²) in [6, 6.07) is 0.197. The van der Waals surface area contributed by atoms with Crippen molar-refractivity contribution < 1.29 is 4.52 Å². The average Bonchev–Trinajstić information content (AvgIpc) is 2.87. The Hall–Kier alpha value is -0.970. The number of nitrogens with zero attached hydrogens (tertiary/aromatic N) is 2. The number of rotatable bonds is 4. The fourth-order valence-electron chi connectivity index (χ4n) is 2.33. The fourth-order valence-corrected chi connectivity index (χ4v) is 3.55. The van der Waals surface area contributed by atoms with Crippen molar-refractivity contribution in [3.05, 3.63) is 17.0 Å². The van der Waals surface area contributed by atoms with E-state index in [9.17, 15) is 0 Å². The van der Waals surface area contributed by atoms with Gasteiger partial charge in [-0.2, -0.15) is 0 Å². The second-order valence-corrected chi connectivity index (χ2v) is 6.07. The number of hydrogen-bond donors (Lipinski definition) is 1. The maximum absolute atomic E-state index is 5.20. The molecule has 2 heterocycles. The molecule has 4 nitrogen and oxygen atoms in total. The van der Waals surface area contributed by atoms with Gasteiger partial charge in [0.1, 0.15) is 5.76 Å². The first-order valence-corrected chi connectivity index (χ1v) is 7.40. The molecular weight excluding hydrogens is 246 g/mol. The van der Waals surface area contributed by atoms with Crippen LogP contribution in [0, 0.1) is 13.8 Å². The van der Waals surface area contributed by atoms with Gasteiger partial charge in [0.15, 0.2) is 5.17 Å². The Morgan fingerprint density at radius 1 is 1.50 bits per heavy atom. The Morgan fingerprint density at radius 2 is 2.28 bits per heavy atom. The molecule has 1 aromatic heterocycles. The Kier molecular flexibility index (Phi) is 4.32. The van der Waals surface area contributed by atoms with Crippen LogP contribution >= 0.6 is 11.8 Å². The molecule has 2 atom stereocenters. The first-order chi connectivity index (χ1) is 8.61. The van der Waals surface area contributed by atoms with Gasteiger partial charge in [-0.15, -0.1) is 0 Å². The Balaban J connectivity index is 1.95. The molecule has 2 rings (SSSR count).